The Morgan fingerprint density at radius 1 is 1.31 bits per heavy atom. The van der Waals surface area contributed by atoms with E-state index >= 15 is 0 Å². The van der Waals surface area contributed by atoms with Gasteiger partial charge < -0.3 is 15.2 Å². The van der Waals surface area contributed by atoms with Crippen molar-refractivity contribution in [2.24, 2.45) is 7.05 Å². The number of carbonyl (C=O) groups is 2. The van der Waals surface area contributed by atoms with Crippen LogP contribution in [0.15, 0.2) is 18.5 Å². The number of aryl methyl sites for hydroxylation is 2. The van der Waals surface area contributed by atoms with Gasteiger partial charge in [0, 0.05) is 42.7 Å². The molecule has 2 fully saturated rings. The van der Waals surface area contributed by atoms with E-state index in [1.165, 1.54) is 12.8 Å². The van der Waals surface area contributed by atoms with Crippen LogP contribution in [0.4, 0.5) is 0 Å². The topological polar surface area (TPSA) is 81.0 Å². The molecule has 2 aromatic rings. The molecule has 4 rings (SSSR count). The van der Waals surface area contributed by atoms with Crippen LogP contribution in [0.5, 0.6) is 0 Å². The standard InChI is InChI=1S/C19H25N5O2/c1-11-8-15(12(2)24(11)14-4-5-14)19(26)21-16-6-7-17(25)22-18(16)13-9-20-23(3)10-13/h8-10,14,16,18H,4-7H2,1-3H3,(H,21,26)(H,22,25)/t16-,18+/m1/s1. The van der Waals surface area contributed by atoms with Gasteiger partial charge in [-0.2, -0.15) is 5.10 Å². The van der Waals surface area contributed by atoms with E-state index in [2.05, 4.69) is 27.2 Å². The fraction of sp³-hybridized carbons (Fsp3) is 0.526. The van der Waals surface area contributed by atoms with Crippen molar-refractivity contribution in [1.82, 2.24) is 25.0 Å². The molecule has 1 aliphatic carbocycles. The number of hydrogen-bond donors (Lipinski definition) is 2. The summed E-state index contributed by atoms with van der Waals surface area (Å²) in [6.07, 6.45) is 7.05. The number of piperidine rings is 1. The normalized spacial score (nSPS) is 23.0. The molecule has 1 saturated heterocycles. The Hall–Kier alpha value is -2.57. The molecule has 7 heteroatoms. The molecule has 7 nitrogen and oxygen atoms in total. The van der Waals surface area contributed by atoms with E-state index < -0.39 is 0 Å². The predicted octanol–water partition coefficient (Wildman–Crippen LogP) is 1.92. The smallest absolute Gasteiger partial charge is 0.253 e. The Labute approximate surface area is 152 Å². The highest BCUT2D eigenvalue weighted by Crippen LogP contribution is 2.38. The number of carbonyl (C=O) groups excluding carboxylic acids is 2. The van der Waals surface area contributed by atoms with Gasteiger partial charge in [0.2, 0.25) is 5.91 Å². The van der Waals surface area contributed by atoms with Gasteiger partial charge in [-0.15, -0.1) is 0 Å². The molecule has 0 bridgehead atoms. The van der Waals surface area contributed by atoms with Crippen LogP contribution < -0.4 is 10.6 Å². The summed E-state index contributed by atoms with van der Waals surface area (Å²) in [5, 5.41) is 10.3. The monoisotopic (exact) mass is 355 g/mol. The molecule has 2 amide bonds. The first-order valence-corrected chi connectivity index (χ1v) is 9.21. The van der Waals surface area contributed by atoms with Crippen LogP contribution >= 0.6 is 0 Å². The zero-order chi connectivity index (χ0) is 18.4. The van der Waals surface area contributed by atoms with Crippen LogP contribution in [0.2, 0.25) is 0 Å². The molecule has 0 radical (unpaired) electrons. The van der Waals surface area contributed by atoms with Gasteiger partial charge in [0.1, 0.15) is 0 Å². The van der Waals surface area contributed by atoms with Crippen LogP contribution in [0.25, 0.3) is 0 Å². The first-order chi connectivity index (χ1) is 12.4. The van der Waals surface area contributed by atoms with Crippen molar-refractivity contribution in [3.63, 3.8) is 0 Å². The molecule has 0 spiro atoms. The molecule has 138 valence electrons. The maximum absolute atomic E-state index is 12.9. The molecule has 0 aromatic carbocycles. The maximum Gasteiger partial charge on any atom is 0.253 e. The molecule has 2 aliphatic rings. The molecule has 2 atom stereocenters. The Balaban J connectivity index is 1.56. The molecule has 2 N–H and O–H groups in total. The minimum absolute atomic E-state index is 0.0104. The molecule has 1 saturated carbocycles. The van der Waals surface area contributed by atoms with Gasteiger partial charge in [-0.25, -0.2) is 0 Å². The molecule has 0 unspecified atom stereocenters. The van der Waals surface area contributed by atoms with E-state index in [-0.39, 0.29) is 23.9 Å². The number of nitrogens with one attached hydrogen (secondary N) is 2. The van der Waals surface area contributed by atoms with E-state index in [0.717, 1.165) is 22.5 Å². The van der Waals surface area contributed by atoms with Gasteiger partial charge in [0.15, 0.2) is 0 Å². The third kappa shape index (κ3) is 3.02. The minimum atomic E-state index is -0.249. The number of rotatable bonds is 4. The second kappa shape index (κ2) is 6.30. The van der Waals surface area contributed by atoms with Crippen molar-refractivity contribution in [2.75, 3.05) is 0 Å². The lowest BCUT2D eigenvalue weighted by atomic mass is 9.93. The minimum Gasteiger partial charge on any atom is -0.347 e. The Kier molecular flexibility index (Phi) is 4.09. The second-order valence-electron chi connectivity index (χ2n) is 7.50. The molecule has 1 aliphatic heterocycles. The highest BCUT2D eigenvalue weighted by Gasteiger charge is 2.33. The zero-order valence-electron chi connectivity index (χ0n) is 15.5. The predicted molar refractivity (Wildman–Crippen MR) is 96.8 cm³/mol. The summed E-state index contributed by atoms with van der Waals surface area (Å²) in [6.45, 7) is 4.07. The van der Waals surface area contributed by atoms with Gasteiger partial charge in [0.05, 0.1) is 23.8 Å². The fourth-order valence-electron chi connectivity index (χ4n) is 4.02. The van der Waals surface area contributed by atoms with E-state index in [4.69, 9.17) is 0 Å². The van der Waals surface area contributed by atoms with Gasteiger partial charge in [-0.05, 0) is 39.2 Å². The average Bonchev–Trinajstić information content (AvgIpc) is 3.26. The number of aromatic nitrogens is 3. The summed E-state index contributed by atoms with van der Waals surface area (Å²) in [4.78, 5) is 24.8. The number of hydrogen-bond acceptors (Lipinski definition) is 3. The molecule has 26 heavy (non-hydrogen) atoms. The summed E-state index contributed by atoms with van der Waals surface area (Å²) in [7, 11) is 1.84. The van der Waals surface area contributed by atoms with Crippen molar-refractivity contribution < 1.29 is 9.59 Å². The fourth-order valence-corrected chi connectivity index (χ4v) is 4.02. The Bertz CT molecular complexity index is 861. The number of nitrogens with zero attached hydrogens (tertiary/aromatic N) is 3. The third-order valence-electron chi connectivity index (χ3n) is 5.44. The quantitative estimate of drug-likeness (QED) is 0.879. The summed E-state index contributed by atoms with van der Waals surface area (Å²) in [6, 6.07) is 2.13. The van der Waals surface area contributed by atoms with E-state index in [1.807, 2.05) is 26.2 Å². The second-order valence-corrected chi connectivity index (χ2v) is 7.50. The summed E-state index contributed by atoms with van der Waals surface area (Å²) in [5.41, 5.74) is 3.81. The van der Waals surface area contributed by atoms with Crippen LogP contribution in [0.3, 0.4) is 0 Å². The highest BCUT2D eigenvalue weighted by atomic mass is 16.2. The summed E-state index contributed by atoms with van der Waals surface area (Å²) >= 11 is 0. The lowest BCUT2D eigenvalue weighted by molar-refractivity contribution is -0.123. The van der Waals surface area contributed by atoms with E-state index in [0.29, 0.717) is 18.9 Å². The summed E-state index contributed by atoms with van der Waals surface area (Å²) in [5.74, 6) is -0.0590. The van der Waals surface area contributed by atoms with Crippen molar-refractivity contribution in [3.05, 3.63) is 41.0 Å². The lowest BCUT2D eigenvalue weighted by Crippen LogP contribution is -2.50. The molecular weight excluding hydrogens is 330 g/mol. The first-order valence-electron chi connectivity index (χ1n) is 9.21. The van der Waals surface area contributed by atoms with Gasteiger partial charge in [0.25, 0.3) is 5.91 Å². The van der Waals surface area contributed by atoms with Crippen LogP contribution in [0, 0.1) is 13.8 Å². The average molecular weight is 355 g/mol. The largest absolute Gasteiger partial charge is 0.347 e. The Morgan fingerprint density at radius 2 is 2.08 bits per heavy atom. The molecular formula is C19H25N5O2. The van der Waals surface area contributed by atoms with Crippen molar-refractivity contribution in [2.45, 2.75) is 57.7 Å². The zero-order valence-corrected chi connectivity index (χ0v) is 15.5. The third-order valence-corrected chi connectivity index (χ3v) is 5.44. The van der Waals surface area contributed by atoms with Crippen LogP contribution in [-0.4, -0.2) is 32.2 Å². The van der Waals surface area contributed by atoms with Crippen LogP contribution in [0.1, 0.15) is 65.1 Å². The maximum atomic E-state index is 12.9. The number of amides is 2. The van der Waals surface area contributed by atoms with Gasteiger partial charge >= 0.3 is 0 Å². The first kappa shape index (κ1) is 16.9. The van der Waals surface area contributed by atoms with E-state index in [1.54, 1.807) is 10.9 Å². The molecule has 2 aromatic heterocycles. The molecule has 3 heterocycles. The van der Waals surface area contributed by atoms with Crippen molar-refractivity contribution >= 4 is 11.8 Å². The summed E-state index contributed by atoms with van der Waals surface area (Å²) < 4.78 is 3.98. The van der Waals surface area contributed by atoms with Gasteiger partial charge in [-0.3, -0.25) is 14.3 Å². The van der Waals surface area contributed by atoms with E-state index in [9.17, 15) is 9.59 Å². The van der Waals surface area contributed by atoms with Crippen molar-refractivity contribution in [1.29, 1.82) is 0 Å². The lowest BCUT2D eigenvalue weighted by Gasteiger charge is -2.32. The SMILES string of the molecule is Cc1cc(C(=O)N[C@@H]2CCC(=O)N[C@H]2c2cnn(C)c2)c(C)n1C1CC1. The Morgan fingerprint density at radius 3 is 2.73 bits per heavy atom. The highest BCUT2D eigenvalue weighted by molar-refractivity contribution is 5.96. The van der Waals surface area contributed by atoms with Crippen LogP contribution in [-0.2, 0) is 11.8 Å². The van der Waals surface area contributed by atoms with Gasteiger partial charge in [-0.1, -0.05) is 0 Å². The van der Waals surface area contributed by atoms with Crippen molar-refractivity contribution in [3.8, 4) is 0 Å².